The molecule has 1 N–H and O–H groups in total. The summed E-state index contributed by atoms with van der Waals surface area (Å²) in [4.78, 5) is 12.2. The zero-order chi connectivity index (χ0) is 12.8. The maximum atomic E-state index is 12.2. The van der Waals surface area contributed by atoms with Gasteiger partial charge in [-0.2, -0.15) is 5.26 Å². The average Bonchev–Trinajstić information content (AvgIpc) is 2.14. The lowest BCUT2D eigenvalue weighted by molar-refractivity contribution is -0.118. The number of nitrogens with zero attached hydrogens (tertiary/aromatic N) is 1. The highest BCUT2D eigenvalue weighted by molar-refractivity contribution is 5.99. The number of carbonyl (C=O) groups excluding carboxylic acids is 1. The number of hydrogen-bond donors (Lipinski definition) is 1. The van der Waals surface area contributed by atoms with E-state index in [2.05, 4.69) is 25.2 Å². The van der Waals surface area contributed by atoms with Crippen LogP contribution in [-0.2, 0) is 4.79 Å². The Bertz CT molecular complexity index is 489. The third-order valence-corrected chi connectivity index (χ3v) is 3.65. The van der Waals surface area contributed by atoms with Crippen molar-refractivity contribution in [1.29, 1.82) is 5.26 Å². The highest BCUT2D eigenvalue weighted by atomic mass is 16.1. The van der Waals surface area contributed by atoms with E-state index in [1.54, 1.807) is 0 Å². The molecule has 17 heavy (non-hydrogen) atoms. The summed E-state index contributed by atoms with van der Waals surface area (Å²) in [6.45, 7) is 8.08. The highest BCUT2D eigenvalue weighted by Gasteiger charge is 2.38. The lowest BCUT2D eigenvalue weighted by Gasteiger charge is -2.37. The summed E-state index contributed by atoms with van der Waals surface area (Å²) in [6, 6.07) is 2.21. The molecule has 0 spiro atoms. The third-order valence-electron chi connectivity index (χ3n) is 3.65. The Balaban J connectivity index is 2.45. The molecule has 1 heterocycles. The molecule has 0 aromatic rings. The largest absolute Gasteiger partial charge is 0.361 e. The van der Waals surface area contributed by atoms with Gasteiger partial charge in [-0.1, -0.05) is 20.8 Å². The van der Waals surface area contributed by atoms with Crippen LogP contribution in [0.1, 0.15) is 40.5 Å². The first-order valence-electron chi connectivity index (χ1n) is 6.00. The van der Waals surface area contributed by atoms with Crippen LogP contribution in [0.2, 0.25) is 0 Å². The lowest BCUT2D eigenvalue weighted by atomic mass is 9.71. The first-order chi connectivity index (χ1) is 7.85. The number of hydrogen-bond acceptors (Lipinski definition) is 3. The van der Waals surface area contributed by atoms with Crippen LogP contribution in [-0.4, -0.2) is 5.78 Å². The zero-order valence-corrected chi connectivity index (χ0v) is 10.8. The molecule has 0 saturated heterocycles. The smallest absolute Gasteiger partial charge is 0.161 e. The van der Waals surface area contributed by atoms with Gasteiger partial charge in [-0.3, -0.25) is 4.79 Å². The summed E-state index contributed by atoms with van der Waals surface area (Å²) >= 11 is 0. The Kier molecular flexibility index (Phi) is 2.61. The van der Waals surface area contributed by atoms with Gasteiger partial charge in [0.1, 0.15) is 0 Å². The van der Waals surface area contributed by atoms with Crippen LogP contribution < -0.4 is 5.32 Å². The Morgan fingerprint density at radius 2 is 2.06 bits per heavy atom. The van der Waals surface area contributed by atoms with E-state index in [-0.39, 0.29) is 17.1 Å². The van der Waals surface area contributed by atoms with Crippen molar-refractivity contribution in [2.24, 2.45) is 11.3 Å². The Morgan fingerprint density at radius 3 is 2.65 bits per heavy atom. The van der Waals surface area contributed by atoms with Gasteiger partial charge in [0.25, 0.3) is 0 Å². The molecule has 0 amide bonds. The number of allylic oxidation sites excluding steroid dienone is 4. The standard InChI is InChI=1S/C14H18N2O/c1-8-10(7-15)9(2)16-11-5-14(3,4)6-12(17)13(8)11/h8,16H,5-6H2,1-4H3/t8-/m0/s1. The maximum Gasteiger partial charge on any atom is 0.161 e. The van der Waals surface area contributed by atoms with Gasteiger partial charge in [-0.25, -0.2) is 0 Å². The number of rotatable bonds is 0. The number of dihydropyridines is 1. The van der Waals surface area contributed by atoms with E-state index >= 15 is 0 Å². The fourth-order valence-electron chi connectivity index (χ4n) is 2.89. The van der Waals surface area contributed by atoms with Crippen LogP contribution in [0.4, 0.5) is 0 Å². The van der Waals surface area contributed by atoms with E-state index in [1.807, 2.05) is 13.8 Å². The number of Topliss-reactive ketones (excluding diaryl/α,β-unsaturated/α-hetero) is 1. The summed E-state index contributed by atoms with van der Waals surface area (Å²) < 4.78 is 0. The normalized spacial score (nSPS) is 27.5. The molecule has 3 nitrogen and oxygen atoms in total. The number of nitriles is 1. The summed E-state index contributed by atoms with van der Waals surface area (Å²) in [5.41, 5.74) is 3.45. The molecule has 2 aliphatic rings. The van der Waals surface area contributed by atoms with Crippen LogP contribution in [0.25, 0.3) is 0 Å². The van der Waals surface area contributed by atoms with Crippen LogP contribution >= 0.6 is 0 Å². The zero-order valence-electron chi connectivity index (χ0n) is 10.8. The van der Waals surface area contributed by atoms with E-state index in [0.29, 0.717) is 12.0 Å². The van der Waals surface area contributed by atoms with Gasteiger partial charge in [0.2, 0.25) is 0 Å². The molecule has 0 aromatic carbocycles. The van der Waals surface area contributed by atoms with E-state index in [0.717, 1.165) is 23.4 Å². The molecule has 0 saturated carbocycles. The van der Waals surface area contributed by atoms with Gasteiger partial charge < -0.3 is 5.32 Å². The van der Waals surface area contributed by atoms with Crippen molar-refractivity contribution < 1.29 is 4.79 Å². The highest BCUT2D eigenvalue weighted by Crippen LogP contribution is 2.42. The molecule has 3 heteroatoms. The summed E-state index contributed by atoms with van der Waals surface area (Å²) in [6.07, 6.45) is 1.46. The molecule has 1 aliphatic carbocycles. The topological polar surface area (TPSA) is 52.9 Å². The molecule has 0 bridgehead atoms. The monoisotopic (exact) mass is 230 g/mol. The van der Waals surface area contributed by atoms with Crippen molar-refractivity contribution in [2.45, 2.75) is 40.5 Å². The summed E-state index contributed by atoms with van der Waals surface area (Å²) in [5.74, 6) is 0.136. The predicted octanol–water partition coefficient (Wildman–Crippen LogP) is 2.67. The molecule has 0 aromatic heterocycles. The van der Waals surface area contributed by atoms with Crippen LogP contribution in [0.3, 0.4) is 0 Å². The van der Waals surface area contributed by atoms with Gasteiger partial charge in [0.15, 0.2) is 5.78 Å². The van der Waals surface area contributed by atoms with E-state index in [9.17, 15) is 4.79 Å². The average molecular weight is 230 g/mol. The molecule has 1 aliphatic heterocycles. The van der Waals surface area contributed by atoms with Gasteiger partial charge in [0.05, 0.1) is 11.6 Å². The van der Waals surface area contributed by atoms with E-state index in [1.165, 1.54) is 0 Å². The fourth-order valence-corrected chi connectivity index (χ4v) is 2.89. The van der Waals surface area contributed by atoms with Gasteiger partial charge >= 0.3 is 0 Å². The summed E-state index contributed by atoms with van der Waals surface area (Å²) in [7, 11) is 0. The first-order valence-corrected chi connectivity index (χ1v) is 6.00. The first kappa shape index (κ1) is 11.9. The minimum absolute atomic E-state index is 0.0209. The molecule has 1 atom stereocenters. The fraction of sp³-hybridized carbons (Fsp3) is 0.571. The van der Waals surface area contributed by atoms with E-state index in [4.69, 9.17) is 5.26 Å². The molecule has 90 valence electrons. The predicted molar refractivity (Wildman–Crippen MR) is 65.7 cm³/mol. The Morgan fingerprint density at radius 1 is 1.41 bits per heavy atom. The molecular formula is C14H18N2O. The van der Waals surface area contributed by atoms with E-state index < -0.39 is 0 Å². The SMILES string of the molecule is CC1=C(C#N)[C@H](C)C2=C(CC(C)(C)CC2=O)N1. The molecule has 0 unspecified atom stereocenters. The van der Waals surface area contributed by atoms with Crippen LogP contribution in [0, 0.1) is 22.7 Å². The second-order valence-corrected chi connectivity index (χ2v) is 5.83. The molecule has 0 fully saturated rings. The van der Waals surface area contributed by atoms with Crippen molar-refractivity contribution in [3.8, 4) is 6.07 Å². The van der Waals surface area contributed by atoms with Crippen LogP contribution in [0.5, 0.6) is 0 Å². The Labute approximate surface area is 102 Å². The van der Waals surface area contributed by atoms with Gasteiger partial charge in [-0.05, 0) is 18.8 Å². The lowest BCUT2D eigenvalue weighted by Crippen LogP contribution is -2.36. The van der Waals surface area contributed by atoms with Crippen molar-refractivity contribution in [3.05, 3.63) is 22.5 Å². The quantitative estimate of drug-likeness (QED) is 0.696. The van der Waals surface area contributed by atoms with Crippen molar-refractivity contribution in [2.75, 3.05) is 0 Å². The van der Waals surface area contributed by atoms with Crippen molar-refractivity contribution in [3.63, 3.8) is 0 Å². The van der Waals surface area contributed by atoms with Crippen molar-refractivity contribution >= 4 is 5.78 Å². The number of nitrogens with one attached hydrogen (secondary N) is 1. The van der Waals surface area contributed by atoms with Gasteiger partial charge in [0, 0.05) is 29.3 Å². The van der Waals surface area contributed by atoms with Crippen molar-refractivity contribution in [1.82, 2.24) is 5.32 Å². The molecular weight excluding hydrogens is 212 g/mol. The van der Waals surface area contributed by atoms with Crippen LogP contribution in [0.15, 0.2) is 22.5 Å². The second-order valence-electron chi connectivity index (χ2n) is 5.83. The minimum Gasteiger partial charge on any atom is -0.361 e. The summed E-state index contributed by atoms with van der Waals surface area (Å²) in [5, 5.41) is 12.4. The maximum absolute atomic E-state index is 12.2. The van der Waals surface area contributed by atoms with Gasteiger partial charge in [-0.15, -0.1) is 0 Å². The molecule has 0 radical (unpaired) electrons. The Hall–Kier alpha value is -1.56. The minimum atomic E-state index is -0.0557. The number of ketones is 1. The third kappa shape index (κ3) is 1.88. The molecule has 2 rings (SSSR count). The second kappa shape index (κ2) is 3.73. The number of carbonyl (C=O) groups is 1.